The molecule has 5 nitrogen and oxygen atoms in total. The zero-order valence-electron chi connectivity index (χ0n) is 8.15. The number of hydrogen-bond acceptors (Lipinski definition) is 4. The molecule has 0 aliphatic rings. The van der Waals surface area contributed by atoms with Crippen LogP contribution in [0.5, 0.6) is 5.75 Å². The largest absolute Gasteiger partial charge is 0.490 e. The molecule has 88 valence electrons. The summed E-state index contributed by atoms with van der Waals surface area (Å²) in [5.74, 6) is -2.58. The van der Waals surface area contributed by atoms with Crippen molar-refractivity contribution in [3.8, 4) is 5.75 Å². The van der Waals surface area contributed by atoms with E-state index in [4.69, 9.17) is 9.84 Å². The molecular formula is C9H9F2NO4. The third kappa shape index (κ3) is 2.86. The molecule has 0 spiro atoms. The van der Waals surface area contributed by atoms with E-state index >= 15 is 0 Å². The highest BCUT2D eigenvalue weighted by molar-refractivity contribution is 5.39. The van der Waals surface area contributed by atoms with Gasteiger partial charge in [0.1, 0.15) is 0 Å². The smallest absolute Gasteiger partial charge is 0.307 e. The Morgan fingerprint density at radius 1 is 1.38 bits per heavy atom. The van der Waals surface area contributed by atoms with Crippen molar-refractivity contribution in [3.63, 3.8) is 0 Å². The Labute approximate surface area is 89.4 Å². The minimum absolute atomic E-state index is 0.00463. The van der Waals surface area contributed by atoms with Gasteiger partial charge in [-0.3, -0.25) is 10.1 Å². The number of nitro groups is 1. The minimum Gasteiger partial charge on any atom is -0.490 e. The average molecular weight is 233 g/mol. The molecule has 16 heavy (non-hydrogen) atoms. The summed E-state index contributed by atoms with van der Waals surface area (Å²) in [5.41, 5.74) is -0.938. The number of rotatable bonds is 5. The van der Waals surface area contributed by atoms with Gasteiger partial charge in [-0.15, -0.1) is 0 Å². The predicted molar refractivity (Wildman–Crippen MR) is 50.2 cm³/mol. The number of hydrogen-bond donors (Lipinski definition) is 1. The van der Waals surface area contributed by atoms with Crippen LogP contribution in [-0.4, -0.2) is 23.2 Å². The molecule has 0 unspecified atom stereocenters. The highest BCUT2D eigenvalue weighted by atomic mass is 19.1. The summed E-state index contributed by atoms with van der Waals surface area (Å²) in [7, 11) is 0. The first-order valence-electron chi connectivity index (χ1n) is 4.43. The number of halogens is 2. The molecule has 0 saturated heterocycles. The summed E-state index contributed by atoms with van der Waals surface area (Å²) >= 11 is 0. The van der Waals surface area contributed by atoms with Gasteiger partial charge in [-0.2, -0.15) is 4.39 Å². The number of nitro benzene ring substituents is 1. The molecule has 0 aliphatic carbocycles. The Kier molecular flexibility index (Phi) is 4.12. The van der Waals surface area contributed by atoms with Gasteiger partial charge in [0.25, 0.3) is 0 Å². The fourth-order valence-electron chi connectivity index (χ4n) is 1.02. The Hall–Kier alpha value is -1.76. The van der Waals surface area contributed by atoms with Crippen molar-refractivity contribution in [2.75, 3.05) is 13.2 Å². The molecule has 7 heteroatoms. The average Bonchev–Trinajstić information content (AvgIpc) is 2.22. The summed E-state index contributed by atoms with van der Waals surface area (Å²) in [6.07, 6.45) is 0.262. The number of aliphatic hydroxyl groups excluding tert-OH is 1. The van der Waals surface area contributed by atoms with E-state index in [0.717, 1.165) is 0 Å². The van der Waals surface area contributed by atoms with Crippen molar-refractivity contribution in [2.24, 2.45) is 0 Å². The summed E-state index contributed by atoms with van der Waals surface area (Å²) in [6, 6.07) is 1.08. The highest BCUT2D eigenvalue weighted by Gasteiger charge is 2.19. The lowest BCUT2D eigenvalue weighted by atomic mass is 10.3. The van der Waals surface area contributed by atoms with Gasteiger partial charge in [-0.1, -0.05) is 0 Å². The van der Waals surface area contributed by atoms with Gasteiger partial charge >= 0.3 is 5.69 Å². The van der Waals surface area contributed by atoms with E-state index in [0.29, 0.717) is 12.1 Å². The van der Waals surface area contributed by atoms with Crippen molar-refractivity contribution < 1.29 is 23.5 Å². The molecule has 1 aromatic rings. The third-order valence-corrected chi connectivity index (χ3v) is 1.76. The second kappa shape index (κ2) is 5.36. The van der Waals surface area contributed by atoms with Gasteiger partial charge in [0.05, 0.1) is 17.6 Å². The molecule has 0 fully saturated rings. The van der Waals surface area contributed by atoms with Gasteiger partial charge < -0.3 is 9.84 Å². The Balaban J connectivity index is 2.88. The molecule has 0 bridgehead atoms. The van der Waals surface area contributed by atoms with Gasteiger partial charge in [0.15, 0.2) is 11.6 Å². The number of benzene rings is 1. The van der Waals surface area contributed by atoms with Crippen LogP contribution in [0.4, 0.5) is 14.5 Å². The van der Waals surface area contributed by atoms with E-state index in [1.54, 1.807) is 0 Å². The number of nitrogens with zero attached hydrogens (tertiary/aromatic N) is 1. The molecule has 0 aliphatic heterocycles. The first-order chi connectivity index (χ1) is 7.56. The van der Waals surface area contributed by atoms with Crippen molar-refractivity contribution in [1.82, 2.24) is 0 Å². The van der Waals surface area contributed by atoms with Crippen molar-refractivity contribution in [2.45, 2.75) is 6.42 Å². The van der Waals surface area contributed by atoms with Crippen LogP contribution >= 0.6 is 0 Å². The van der Waals surface area contributed by atoms with Crippen LogP contribution in [-0.2, 0) is 0 Å². The van der Waals surface area contributed by atoms with E-state index in [-0.39, 0.29) is 19.6 Å². The van der Waals surface area contributed by atoms with Crippen LogP contribution in [0.15, 0.2) is 12.1 Å². The first-order valence-corrected chi connectivity index (χ1v) is 4.43. The van der Waals surface area contributed by atoms with Crippen LogP contribution in [0.3, 0.4) is 0 Å². The van der Waals surface area contributed by atoms with Crippen LogP contribution in [0.2, 0.25) is 0 Å². The van der Waals surface area contributed by atoms with E-state index in [1.807, 2.05) is 0 Å². The summed E-state index contributed by atoms with van der Waals surface area (Å²) in [4.78, 5) is 9.25. The van der Waals surface area contributed by atoms with Crippen LogP contribution < -0.4 is 4.74 Å². The first kappa shape index (κ1) is 12.3. The lowest BCUT2D eigenvalue weighted by molar-refractivity contribution is -0.387. The Morgan fingerprint density at radius 3 is 2.62 bits per heavy atom. The van der Waals surface area contributed by atoms with Crippen molar-refractivity contribution in [3.05, 3.63) is 33.9 Å². The maximum Gasteiger partial charge on any atom is 0.307 e. The summed E-state index contributed by atoms with van der Waals surface area (Å²) in [6.45, 7) is -0.137. The number of ether oxygens (including phenoxy) is 1. The molecule has 0 atom stereocenters. The van der Waals surface area contributed by atoms with E-state index < -0.39 is 28.0 Å². The second-order valence-electron chi connectivity index (χ2n) is 2.92. The van der Waals surface area contributed by atoms with Crippen LogP contribution in [0.1, 0.15) is 6.42 Å². The normalized spacial score (nSPS) is 10.2. The molecule has 0 heterocycles. The fraction of sp³-hybridized carbons (Fsp3) is 0.333. The summed E-state index contributed by atoms with van der Waals surface area (Å²) < 4.78 is 31.0. The zero-order chi connectivity index (χ0) is 12.1. The zero-order valence-corrected chi connectivity index (χ0v) is 8.15. The molecular weight excluding hydrogens is 224 g/mol. The Morgan fingerprint density at radius 2 is 2.06 bits per heavy atom. The SMILES string of the molecule is O=[N+]([O-])c1cc(F)c(OCCCO)cc1F. The van der Waals surface area contributed by atoms with Gasteiger partial charge in [0, 0.05) is 19.1 Å². The molecule has 0 saturated carbocycles. The topological polar surface area (TPSA) is 72.6 Å². The quantitative estimate of drug-likeness (QED) is 0.476. The number of aliphatic hydroxyl groups is 1. The van der Waals surface area contributed by atoms with Crippen LogP contribution in [0, 0.1) is 21.7 Å². The van der Waals surface area contributed by atoms with E-state index in [9.17, 15) is 18.9 Å². The highest BCUT2D eigenvalue weighted by Crippen LogP contribution is 2.26. The van der Waals surface area contributed by atoms with Gasteiger partial charge in [-0.25, -0.2) is 4.39 Å². The monoisotopic (exact) mass is 233 g/mol. The molecule has 1 rings (SSSR count). The van der Waals surface area contributed by atoms with Gasteiger partial charge in [0.2, 0.25) is 5.82 Å². The predicted octanol–water partition coefficient (Wildman–Crippen LogP) is 1.63. The maximum absolute atomic E-state index is 13.2. The molecule has 0 aromatic heterocycles. The maximum atomic E-state index is 13.2. The minimum atomic E-state index is -1.16. The molecule has 0 radical (unpaired) electrons. The second-order valence-corrected chi connectivity index (χ2v) is 2.92. The standard InChI is InChI=1S/C9H9F2NO4/c10-6-5-9(16-3-1-2-13)7(11)4-8(6)12(14)15/h4-5,13H,1-3H2. The lowest BCUT2D eigenvalue weighted by Crippen LogP contribution is -2.03. The van der Waals surface area contributed by atoms with Crippen molar-refractivity contribution in [1.29, 1.82) is 0 Å². The third-order valence-electron chi connectivity index (χ3n) is 1.76. The lowest BCUT2D eigenvalue weighted by Gasteiger charge is -2.06. The van der Waals surface area contributed by atoms with Crippen LogP contribution in [0.25, 0.3) is 0 Å². The van der Waals surface area contributed by atoms with Crippen molar-refractivity contribution >= 4 is 5.69 Å². The molecule has 1 N–H and O–H groups in total. The van der Waals surface area contributed by atoms with E-state index in [2.05, 4.69) is 0 Å². The Bertz CT molecular complexity index is 397. The molecule has 1 aromatic carbocycles. The van der Waals surface area contributed by atoms with E-state index in [1.165, 1.54) is 0 Å². The van der Waals surface area contributed by atoms with Gasteiger partial charge in [-0.05, 0) is 0 Å². The molecule has 0 amide bonds. The fourth-order valence-corrected chi connectivity index (χ4v) is 1.02. The summed E-state index contributed by atoms with van der Waals surface area (Å²) in [5, 5.41) is 18.7.